The minimum Gasteiger partial charge on any atom is -0.313 e. The Labute approximate surface area is 165 Å². The van der Waals surface area contributed by atoms with Crippen LogP contribution >= 0.6 is 23.2 Å². The zero-order chi connectivity index (χ0) is 18.9. The van der Waals surface area contributed by atoms with E-state index >= 15 is 0 Å². The van der Waals surface area contributed by atoms with E-state index in [9.17, 15) is 8.42 Å². The highest BCUT2D eigenvalue weighted by Gasteiger charge is 2.28. The van der Waals surface area contributed by atoms with Gasteiger partial charge in [0, 0.05) is 18.2 Å². The molecule has 0 radical (unpaired) electrons. The van der Waals surface area contributed by atoms with Crippen LogP contribution in [-0.4, -0.2) is 27.5 Å². The van der Waals surface area contributed by atoms with Crippen molar-refractivity contribution in [3.8, 4) is 0 Å². The van der Waals surface area contributed by atoms with E-state index in [1.807, 2.05) is 31.3 Å². The summed E-state index contributed by atoms with van der Waals surface area (Å²) in [6.07, 6.45) is 3.87. The third-order valence-corrected chi connectivity index (χ3v) is 6.79. The molecule has 0 amide bonds. The van der Waals surface area contributed by atoms with Gasteiger partial charge in [-0.05, 0) is 60.7 Å². The number of nitrogens with one attached hydrogen (secondary N) is 1. The highest BCUT2D eigenvalue weighted by atomic mass is 35.5. The second-order valence-electron chi connectivity index (χ2n) is 6.99. The molecule has 2 aromatic rings. The summed E-state index contributed by atoms with van der Waals surface area (Å²) in [6, 6.07) is 12.5. The molecule has 6 heteroatoms. The quantitative estimate of drug-likeness (QED) is 0.770. The van der Waals surface area contributed by atoms with Crippen molar-refractivity contribution in [2.24, 2.45) is 0 Å². The molecule has 0 aromatic heterocycles. The average molecular weight is 412 g/mol. The van der Waals surface area contributed by atoms with Crippen molar-refractivity contribution >= 4 is 33.0 Å². The monoisotopic (exact) mass is 411 g/mol. The normalized spacial score (nSPS) is 20.0. The van der Waals surface area contributed by atoms with Crippen LogP contribution in [0.25, 0.3) is 0 Å². The largest absolute Gasteiger partial charge is 0.313 e. The second-order valence-corrected chi connectivity index (χ2v) is 10.1. The molecule has 140 valence electrons. The van der Waals surface area contributed by atoms with E-state index in [0.717, 1.165) is 18.4 Å². The van der Waals surface area contributed by atoms with Crippen LogP contribution in [0.5, 0.6) is 0 Å². The van der Waals surface area contributed by atoms with Crippen molar-refractivity contribution in [1.82, 2.24) is 5.32 Å². The van der Waals surface area contributed by atoms with E-state index in [0.29, 0.717) is 16.5 Å². The maximum absolute atomic E-state index is 11.5. The summed E-state index contributed by atoms with van der Waals surface area (Å²) in [6.45, 7) is 0. The molecule has 3 nitrogen and oxygen atoms in total. The zero-order valence-corrected chi connectivity index (χ0v) is 17.3. The number of halogens is 2. The van der Waals surface area contributed by atoms with Crippen LogP contribution in [0.15, 0.2) is 36.4 Å². The lowest BCUT2D eigenvalue weighted by molar-refractivity contribution is 0.470. The molecule has 1 unspecified atom stereocenters. The lowest BCUT2D eigenvalue weighted by Gasteiger charge is -2.32. The topological polar surface area (TPSA) is 46.2 Å². The number of benzene rings is 2. The van der Waals surface area contributed by atoms with E-state index in [-0.39, 0.29) is 17.7 Å². The second kappa shape index (κ2) is 7.89. The Hall–Kier alpha value is -1.07. The Morgan fingerprint density at radius 2 is 1.81 bits per heavy atom. The fourth-order valence-corrected chi connectivity index (χ4v) is 4.63. The molecule has 1 N–H and O–H groups in total. The summed E-state index contributed by atoms with van der Waals surface area (Å²) >= 11 is 12.3. The predicted octanol–water partition coefficient (Wildman–Crippen LogP) is 4.77. The summed E-state index contributed by atoms with van der Waals surface area (Å²) in [7, 11) is -0.999. The first-order valence-corrected chi connectivity index (χ1v) is 11.5. The number of hydrogen-bond donors (Lipinski definition) is 1. The lowest BCUT2D eigenvalue weighted by atomic mass is 9.76. The smallest absolute Gasteiger partial charge is 0.147 e. The third kappa shape index (κ3) is 4.42. The number of fused-ring (bicyclic) bond motifs is 1. The molecule has 0 spiro atoms. The summed E-state index contributed by atoms with van der Waals surface area (Å²) in [5, 5.41) is 4.53. The van der Waals surface area contributed by atoms with Crippen LogP contribution in [0.3, 0.4) is 0 Å². The van der Waals surface area contributed by atoms with E-state index in [2.05, 4.69) is 17.4 Å². The Morgan fingerprint density at radius 3 is 2.46 bits per heavy atom. The standard InChI is InChI=1S/C20H23Cl2NO2S/c1-23-20-8-6-15(14-4-7-18(21)19(22)12-14)16-5-3-13(11-17(16)20)9-10-26(2,24)25/h3-5,7,11-12,15,20,23H,6,8-10H2,1-2H3/t15?,20-/m0/s1. The van der Waals surface area contributed by atoms with Crippen LogP contribution in [0.1, 0.15) is 47.1 Å². The minimum atomic E-state index is -2.97. The van der Waals surface area contributed by atoms with Gasteiger partial charge in [0.2, 0.25) is 0 Å². The van der Waals surface area contributed by atoms with Crippen LogP contribution in [-0.2, 0) is 16.3 Å². The van der Waals surface area contributed by atoms with Crippen molar-refractivity contribution in [3.63, 3.8) is 0 Å². The number of aryl methyl sites for hydroxylation is 1. The van der Waals surface area contributed by atoms with Gasteiger partial charge in [-0.1, -0.05) is 47.5 Å². The molecule has 26 heavy (non-hydrogen) atoms. The molecule has 0 heterocycles. The fraction of sp³-hybridized carbons (Fsp3) is 0.400. The van der Waals surface area contributed by atoms with Crippen LogP contribution in [0.2, 0.25) is 10.0 Å². The number of hydrogen-bond acceptors (Lipinski definition) is 3. The molecular formula is C20H23Cl2NO2S. The van der Waals surface area contributed by atoms with Crippen molar-refractivity contribution < 1.29 is 8.42 Å². The Kier molecular flexibility index (Phi) is 5.97. The van der Waals surface area contributed by atoms with Crippen molar-refractivity contribution in [2.45, 2.75) is 31.2 Å². The minimum absolute atomic E-state index is 0.173. The molecule has 1 aliphatic rings. The lowest BCUT2D eigenvalue weighted by Crippen LogP contribution is -2.24. The van der Waals surface area contributed by atoms with Gasteiger partial charge < -0.3 is 5.32 Å². The first-order chi connectivity index (χ1) is 12.3. The molecule has 2 aromatic carbocycles. The van der Waals surface area contributed by atoms with Gasteiger partial charge in [0.05, 0.1) is 15.8 Å². The molecule has 0 saturated carbocycles. The summed E-state index contributed by atoms with van der Waals surface area (Å²) in [5.74, 6) is 0.444. The molecule has 1 aliphatic carbocycles. The predicted molar refractivity (Wildman–Crippen MR) is 109 cm³/mol. The first-order valence-electron chi connectivity index (χ1n) is 8.71. The molecule has 0 saturated heterocycles. The van der Waals surface area contributed by atoms with Crippen molar-refractivity contribution in [2.75, 3.05) is 19.1 Å². The average Bonchev–Trinajstić information content (AvgIpc) is 2.60. The van der Waals surface area contributed by atoms with Crippen LogP contribution < -0.4 is 5.32 Å². The first kappa shape index (κ1) is 19.7. The van der Waals surface area contributed by atoms with Crippen LogP contribution in [0, 0.1) is 0 Å². The Bertz CT molecular complexity index is 912. The van der Waals surface area contributed by atoms with Gasteiger partial charge in [-0.15, -0.1) is 0 Å². The van der Waals surface area contributed by atoms with Gasteiger partial charge in [0.25, 0.3) is 0 Å². The highest BCUT2D eigenvalue weighted by Crippen LogP contribution is 2.42. The van der Waals surface area contributed by atoms with E-state index in [1.54, 1.807) is 0 Å². The molecule has 2 atom stereocenters. The molecule has 0 fully saturated rings. The maximum Gasteiger partial charge on any atom is 0.147 e. The van der Waals surface area contributed by atoms with Gasteiger partial charge in [-0.25, -0.2) is 8.42 Å². The molecular weight excluding hydrogens is 389 g/mol. The molecule has 0 aliphatic heterocycles. The highest BCUT2D eigenvalue weighted by molar-refractivity contribution is 7.90. The van der Waals surface area contributed by atoms with Crippen molar-refractivity contribution in [3.05, 3.63) is 68.7 Å². The van der Waals surface area contributed by atoms with Gasteiger partial charge in [0.15, 0.2) is 0 Å². The van der Waals surface area contributed by atoms with E-state index < -0.39 is 9.84 Å². The zero-order valence-electron chi connectivity index (χ0n) is 14.9. The van der Waals surface area contributed by atoms with Crippen molar-refractivity contribution in [1.29, 1.82) is 0 Å². The van der Waals surface area contributed by atoms with Gasteiger partial charge >= 0.3 is 0 Å². The molecule has 3 rings (SSSR count). The Morgan fingerprint density at radius 1 is 1.04 bits per heavy atom. The number of rotatable bonds is 5. The maximum atomic E-state index is 11.5. The van der Waals surface area contributed by atoms with Gasteiger partial charge in [-0.2, -0.15) is 0 Å². The fourth-order valence-electron chi connectivity index (χ4n) is 3.72. The van der Waals surface area contributed by atoms with Gasteiger partial charge in [0.1, 0.15) is 9.84 Å². The number of sulfone groups is 1. The SMILES string of the molecule is CN[C@H]1CCC(c2ccc(Cl)c(Cl)c2)c2ccc(CCS(C)(=O)=O)cc21. The summed E-state index contributed by atoms with van der Waals surface area (Å²) in [4.78, 5) is 0. The van der Waals surface area contributed by atoms with Crippen LogP contribution in [0.4, 0.5) is 0 Å². The van der Waals surface area contributed by atoms with Gasteiger partial charge in [-0.3, -0.25) is 0 Å². The third-order valence-electron chi connectivity index (χ3n) is 5.10. The summed E-state index contributed by atoms with van der Waals surface area (Å²) in [5.41, 5.74) is 4.75. The molecule has 0 bridgehead atoms. The summed E-state index contributed by atoms with van der Waals surface area (Å²) < 4.78 is 22.9. The van der Waals surface area contributed by atoms with E-state index in [1.165, 1.54) is 22.9 Å². The van der Waals surface area contributed by atoms with E-state index in [4.69, 9.17) is 23.2 Å². The Balaban J connectivity index is 1.97.